The first-order chi connectivity index (χ1) is 6.29. The van der Waals surface area contributed by atoms with Gasteiger partial charge in [-0.2, -0.15) is 0 Å². The van der Waals surface area contributed by atoms with Crippen molar-refractivity contribution in [3.8, 4) is 0 Å². The van der Waals surface area contributed by atoms with Gasteiger partial charge < -0.3 is 9.80 Å². The minimum atomic E-state index is 0.461. The molecule has 3 heteroatoms. The van der Waals surface area contributed by atoms with Crippen molar-refractivity contribution in [2.24, 2.45) is 0 Å². The van der Waals surface area contributed by atoms with Crippen LogP contribution >= 0.6 is 12.2 Å². The van der Waals surface area contributed by atoms with Gasteiger partial charge in [-0.25, -0.2) is 0 Å². The highest BCUT2D eigenvalue weighted by molar-refractivity contribution is 7.80. The van der Waals surface area contributed by atoms with Crippen molar-refractivity contribution in [2.45, 2.75) is 59.7 Å². The van der Waals surface area contributed by atoms with E-state index in [0.717, 1.165) is 5.11 Å². The van der Waals surface area contributed by atoms with E-state index < -0.39 is 0 Å². The van der Waals surface area contributed by atoms with Crippen LogP contribution in [0.4, 0.5) is 0 Å². The molecule has 0 fully saturated rings. The maximum absolute atomic E-state index is 5.48. The Kier molecular flexibility index (Phi) is 5.42. The van der Waals surface area contributed by atoms with E-state index >= 15 is 0 Å². The summed E-state index contributed by atoms with van der Waals surface area (Å²) >= 11 is 5.48. The second-order valence-electron chi connectivity index (χ2n) is 4.58. The first-order valence-electron chi connectivity index (χ1n) is 5.34. The molecule has 0 saturated carbocycles. The summed E-state index contributed by atoms with van der Waals surface area (Å²) in [5.74, 6) is 0. The Morgan fingerprint density at radius 3 is 1.43 bits per heavy atom. The van der Waals surface area contributed by atoms with E-state index in [1.807, 2.05) is 0 Å². The van der Waals surface area contributed by atoms with Gasteiger partial charge >= 0.3 is 0 Å². The quantitative estimate of drug-likeness (QED) is 0.670. The van der Waals surface area contributed by atoms with Crippen LogP contribution in [-0.2, 0) is 0 Å². The number of hydrogen-bond acceptors (Lipinski definition) is 1. The molecule has 0 aromatic rings. The molecule has 2 nitrogen and oxygen atoms in total. The fraction of sp³-hybridized carbons (Fsp3) is 0.909. The molecular weight excluding hydrogens is 192 g/mol. The molecule has 0 aliphatic heterocycles. The third-order valence-electron chi connectivity index (χ3n) is 2.41. The zero-order valence-electron chi connectivity index (χ0n) is 10.5. The predicted molar refractivity (Wildman–Crippen MR) is 67.6 cm³/mol. The SMILES string of the molecule is CC(C)N(C)C(=S)N(C(C)C)C(C)C. The number of thiocarbonyl (C=S) groups is 1. The number of rotatable bonds is 3. The molecular formula is C11H24N2S. The van der Waals surface area contributed by atoms with Crippen molar-refractivity contribution in [1.82, 2.24) is 9.80 Å². The summed E-state index contributed by atoms with van der Waals surface area (Å²) in [5.41, 5.74) is 0. The smallest absolute Gasteiger partial charge is 0.172 e. The van der Waals surface area contributed by atoms with Gasteiger partial charge in [-0.05, 0) is 53.8 Å². The average molecular weight is 216 g/mol. The monoisotopic (exact) mass is 216 g/mol. The van der Waals surface area contributed by atoms with Crippen molar-refractivity contribution in [3.63, 3.8) is 0 Å². The van der Waals surface area contributed by atoms with Gasteiger partial charge in [0, 0.05) is 25.2 Å². The molecule has 0 unspecified atom stereocenters. The summed E-state index contributed by atoms with van der Waals surface area (Å²) in [7, 11) is 2.06. The Morgan fingerprint density at radius 2 is 1.21 bits per heavy atom. The maximum atomic E-state index is 5.48. The lowest BCUT2D eigenvalue weighted by Crippen LogP contribution is -2.50. The molecule has 0 bridgehead atoms. The zero-order chi connectivity index (χ0) is 11.5. The first-order valence-corrected chi connectivity index (χ1v) is 5.75. The largest absolute Gasteiger partial charge is 0.350 e. The molecule has 0 aromatic carbocycles. The van der Waals surface area contributed by atoms with Crippen LogP contribution in [0, 0.1) is 0 Å². The van der Waals surface area contributed by atoms with Gasteiger partial charge in [0.05, 0.1) is 0 Å². The van der Waals surface area contributed by atoms with Crippen LogP contribution in [0.3, 0.4) is 0 Å². The second kappa shape index (κ2) is 5.54. The summed E-state index contributed by atoms with van der Waals surface area (Å²) in [4.78, 5) is 4.42. The molecule has 0 rings (SSSR count). The molecule has 0 aliphatic carbocycles. The van der Waals surface area contributed by atoms with E-state index in [0.29, 0.717) is 18.1 Å². The molecule has 0 aliphatic rings. The van der Waals surface area contributed by atoms with Crippen LogP contribution in [0.15, 0.2) is 0 Å². The zero-order valence-corrected chi connectivity index (χ0v) is 11.4. The predicted octanol–water partition coefficient (Wildman–Crippen LogP) is 2.73. The Bertz CT molecular complexity index is 180. The summed E-state index contributed by atoms with van der Waals surface area (Å²) < 4.78 is 0. The maximum Gasteiger partial charge on any atom is 0.172 e. The van der Waals surface area contributed by atoms with Crippen molar-refractivity contribution < 1.29 is 0 Å². The van der Waals surface area contributed by atoms with Crippen LogP contribution in [0.25, 0.3) is 0 Å². The van der Waals surface area contributed by atoms with Gasteiger partial charge in [0.2, 0.25) is 0 Å². The highest BCUT2D eigenvalue weighted by Gasteiger charge is 2.20. The Labute approximate surface area is 94.3 Å². The van der Waals surface area contributed by atoms with E-state index in [4.69, 9.17) is 12.2 Å². The summed E-state index contributed by atoms with van der Waals surface area (Å²) in [6.07, 6.45) is 0. The van der Waals surface area contributed by atoms with Crippen molar-refractivity contribution in [1.29, 1.82) is 0 Å². The Hall–Kier alpha value is -0.310. The van der Waals surface area contributed by atoms with Gasteiger partial charge in [-0.1, -0.05) is 0 Å². The molecule has 84 valence electrons. The molecule has 0 spiro atoms. The number of hydrogen-bond donors (Lipinski definition) is 0. The highest BCUT2D eigenvalue weighted by Crippen LogP contribution is 2.10. The molecule has 0 aromatic heterocycles. The van der Waals surface area contributed by atoms with E-state index in [1.165, 1.54) is 0 Å². The van der Waals surface area contributed by atoms with Gasteiger partial charge in [-0.3, -0.25) is 0 Å². The molecule has 0 N–H and O–H groups in total. The van der Waals surface area contributed by atoms with Crippen molar-refractivity contribution in [3.05, 3.63) is 0 Å². The second-order valence-corrected chi connectivity index (χ2v) is 4.95. The normalized spacial score (nSPS) is 11.3. The van der Waals surface area contributed by atoms with E-state index in [-0.39, 0.29) is 0 Å². The standard InChI is InChI=1S/C11H24N2S/c1-8(2)12(7)11(14)13(9(3)4)10(5)6/h8-10H,1-7H3. The molecule has 0 atom stereocenters. The molecule has 14 heavy (non-hydrogen) atoms. The molecule has 0 amide bonds. The Balaban J connectivity index is 4.60. The molecule has 0 radical (unpaired) electrons. The van der Waals surface area contributed by atoms with Gasteiger partial charge in [-0.15, -0.1) is 0 Å². The highest BCUT2D eigenvalue weighted by atomic mass is 32.1. The lowest BCUT2D eigenvalue weighted by Gasteiger charge is -2.38. The lowest BCUT2D eigenvalue weighted by atomic mass is 10.2. The summed E-state index contributed by atoms with van der Waals surface area (Å²) in [5, 5.41) is 0.949. The van der Waals surface area contributed by atoms with Crippen LogP contribution in [0.5, 0.6) is 0 Å². The van der Waals surface area contributed by atoms with E-state index in [9.17, 15) is 0 Å². The Morgan fingerprint density at radius 1 is 0.857 bits per heavy atom. The van der Waals surface area contributed by atoms with Gasteiger partial charge in [0.15, 0.2) is 5.11 Å². The van der Waals surface area contributed by atoms with Crippen molar-refractivity contribution in [2.75, 3.05) is 7.05 Å². The van der Waals surface area contributed by atoms with Crippen LogP contribution < -0.4 is 0 Å². The minimum absolute atomic E-state index is 0.461. The minimum Gasteiger partial charge on any atom is -0.350 e. The number of nitrogens with zero attached hydrogens (tertiary/aromatic N) is 2. The van der Waals surface area contributed by atoms with E-state index in [2.05, 4.69) is 58.4 Å². The fourth-order valence-corrected chi connectivity index (χ4v) is 2.07. The third kappa shape index (κ3) is 3.45. The van der Waals surface area contributed by atoms with Crippen LogP contribution in [0.2, 0.25) is 0 Å². The molecule has 0 heterocycles. The van der Waals surface area contributed by atoms with E-state index in [1.54, 1.807) is 0 Å². The summed E-state index contributed by atoms with van der Waals surface area (Å²) in [6.45, 7) is 13.0. The third-order valence-corrected chi connectivity index (χ3v) is 2.91. The molecule has 0 saturated heterocycles. The van der Waals surface area contributed by atoms with Crippen LogP contribution in [-0.4, -0.2) is 40.1 Å². The average Bonchev–Trinajstić information content (AvgIpc) is 2.01. The fourth-order valence-electron chi connectivity index (χ4n) is 1.44. The van der Waals surface area contributed by atoms with Crippen molar-refractivity contribution >= 4 is 17.3 Å². The summed E-state index contributed by atoms with van der Waals surface area (Å²) in [6, 6.07) is 1.38. The van der Waals surface area contributed by atoms with Gasteiger partial charge in [0.25, 0.3) is 0 Å². The van der Waals surface area contributed by atoms with Crippen LogP contribution in [0.1, 0.15) is 41.5 Å². The lowest BCUT2D eigenvalue weighted by molar-refractivity contribution is 0.248. The first kappa shape index (κ1) is 13.7. The topological polar surface area (TPSA) is 6.48 Å². The van der Waals surface area contributed by atoms with Gasteiger partial charge in [0.1, 0.15) is 0 Å².